The molecular weight excluding hydrogens is 470 g/mol. The minimum Gasteiger partial charge on any atom is -0.497 e. The molecule has 7 nitrogen and oxygen atoms in total. The van der Waals surface area contributed by atoms with E-state index >= 15 is 0 Å². The highest BCUT2D eigenvalue weighted by molar-refractivity contribution is 6.23. The Labute approximate surface area is 205 Å². The van der Waals surface area contributed by atoms with Crippen LogP contribution in [-0.2, 0) is 24.7 Å². The third kappa shape index (κ3) is 3.46. The lowest BCUT2D eigenvalue weighted by molar-refractivity contribution is -0.729. The molecule has 5 rings (SSSR count). The van der Waals surface area contributed by atoms with Crippen molar-refractivity contribution in [3.05, 3.63) is 95.6 Å². The molecule has 0 bridgehead atoms. The number of rotatable bonds is 5. The maximum Gasteiger partial charge on any atom is 0.365 e. The van der Waals surface area contributed by atoms with Gasteiger partial charge in [0.2, 0.25) is 11.8 Å². The average Bonchev–Trinajstić information content (AvgIpc) is 3.39. The fourth-order valence-electron chi connectivity index (χ4n) is 5.53. The van der Waals surface area contributed by atoms with Crippen LogP contribution < -0.4 is 15.0 Å². The van der Waals surface area contributed by atoms with Gasteiger partial charge in [0.1, 0.15) is 29.2 Å². The Kier molecular flexibility index (Phi) is 5.80. The molecule has 3 aromatic carbocycles. The van der Waals surface area contributed by atoms with Crippen LogP contribution in [-0.4, -0.2) is 38.0 Å². The van der Waals surface area contributed by atoms with E-state index in [9.17, 15) is 23.2 Å². The van der Waals surface area contributed by atoms with Crippen LogP contribution in [0.4, 0.5) is 14.5 Å². The molecular formula is C27H23F2N2O5+. The van der Waals surface area contributed by atoms with Crippen molar-refractivity contribution < 1.29 is 38.0 Å². The van der Waals surface area contributed by atoms with Crippen molar-refractivity contribution in [1.82, 2.24) is 0 Å². The average molecular weight is 493 g/mol. The lowest BCUT2D eigenvalue weighted by atomic mass is 9.71. The van der Waals surface area contributed by atoms with Gasteiger partial charge >= 0.3 is 5.97 Å². The first-order chi connectivity index (χ1) is 17.3. The molecule has 0 aromatic heterocycles. The molecule has 0 radical (unpaired) electrons. The van der Waals surface area contributed by atoms with Gasteiger partial charge in [-0.2, -0.15) is 0 Å². The van der Waals surface area contributed by atoms with E-state index in [2.05, 4.69) is 0 Å². The van der Waals surface area contributed by atoms with Crippen LogP contribution in [0.2, 0.25) is 0 Å². The first-order valence-corrected chi connectivity index (χ1v) is 11.3. The predicted molar refractivity (Wildman–Crippen MR) is 124 cm³/mol. The van der Waals surface area contributed by atoms with E-state index in [-0.39, 0.29) is 0 Å². The van der Waals surface area contributed by atoms with Crippen molar-refractivity contribution in [2.45, 2.75) is 11.6 Å². The standard InChI is InChI=1S/C27H22F2N2O5/c1-35-20-13-11-19(12-14-20)31-24(32)21-22(25(31)33)27(30-23(21)26(34)36-2,15-3-7-17(28)8-4-15)16-5-9-18(29)10-6-16/h3-14,21-23,30H,1-2H3/p+1/t21-,22-,23+/m1/s1. The van der Waals surface area contributed by atoms with E-state index in [4.69, 9.17) is 9.47 Å². The maximum absolute atomic E-state index is 14.1. The molecule has 2 aliphatic rings. The van der Waals surface area contributed by atoms with Crippen LogP contribution in [0.3, 0.4) is 0 Å². The summed E-state index contributed by atoms with van der Waals surface area (Å²) in [4.78, 5) is 41.8. The van der Waals surface area contributed by atoms with Crippen LogP contribution in [0, 0.1) is 23.5 Å². The van der Waals surface area contributed by atoms with Crippen molar-refractivity contribution in [3.8, 4) is 5.75 Å². The van der Waals surface area contributed by atoms with Gasteiger partial charge in [-0.05, 0) is 72.8 Å². The number of esters is 1. The number of imide groups is 1. The topological polar surface area (TPSA) is 89.5 Å². The predicted octanol–water partition coefficient (Wildman–Crippen LogP) is 2.14. The molecule has 2 heterocycles. The molecule has 0 aliphatic carbocycles. The quantitative estimate of drug-likeness (QED) is 0.435. The zero-order valence-electron chi connectivity index (χ0n) is 19.5. The van der Waals surface area contributed by atoms with Crippen LogP contribution in [0.25, 0.3) is 0 Å². The van der Waals surface area contributed by atoms with Gasteiger partial charge in [-0.25, -0.2) is 18.5 Å². The fraction of sp³-hybridized carbons (Fsp3) is 0.222. The van der Waals surface area contributed by atoms with E-state index in [1.54, 1.807) is 29.6 Å². The van der Waals surface area contributed by atoms with Crippen LogP contribution in [0.5, 0.6) is 5.75 Å². The number of methoxy groups -OCH3 is 2. The Bertz CT molecular complexity index is 1280. The van der Waals surface area contributed by atoms with E-state index in [0.717, 1.165) is 4.90 Å². The van der Waals surface area contributed by atoms with Gasteiger partial charge in [0.25, 0.3) is 0 Å². The first kappa shape index (κ1) is 23.6. The molecule has 0 saturated carbocycles. The molecule has 2 aliphatic heterocycles. The number of anilines is 1. The minimum absolute atomic E-state index is 0.330. The van der Waals surface area contributed by atoms with Crippen molar-refractivity contribution in [2.24, 2.45) is 11.8 Å². The smallest absolute Gasteiger partial charge is 0.365 e. The molecule has 0 spiro atoms. The summed E-state index contributed by atoms with van der Waals surface area (Å²) in [6.07, 6.45) is 0. The van der Waals surface area contributed by atoms with Crippen molar-refractivity contribution >= 4 is 23.5 Å². The van der Waals surface area contributed by atoms with Gasteiger partial charge in [0.05, 0.1) is 19.9 Å². The van der Waals surface area contributed by atoms with Crippen LogP contribution in [0.1, 0.15) is 11.1 Å². The van der Waals surface area contributed by atoms with Crippen LogP contribution in [0.15, 0.2) is 72.8 Å². The number of halogens is 2. The number of ether oxygens (including phenoxy) is 2. The zero-order valence-corrected chi connectivity index (χ0v) is 19.5. The van der Waals surface area contributed by atoms with Gasteiger partial charge in [0, 0.05) is 11.1 Å². The van der Waals surface area contributed by atoms with Gasteiger partial charge < -0.3 is 14.8 Å². The summed E-state index contributed by atoms with van der Waals surface area (Å²) in [5, 5.41) is 1.62. The highest BCUT2D eigenvalue weighted by Crippen LogP contribution is 2.48. The third-order valence-corrected chi connectivity index (χ3v) is 7.12. The summed E-state index contributed by atoms with van der Waals surface area (Å²) in [7, 11) is 2.71. The van der Waals surface area contributed by atoms with Gasteiger partial charge in [-0.1, -0.05) is 0 Å². The normalized spacial score (nSPS) is 22.4. The Hall–Kier alpha value is -4.11. The Morgan fingerprint density at radius 3 is 1.83 bits per heavy atom. The van der Waals surface area contributed by atoms with E-state index in [0.29, 0.717) is 22.6 Å². The van der Waals surface area contributed by atoms with Gasteiger partial charge in [0.15, 0.2) is 11.6 Å². The second-order valence-electron chi connectivity index (χ2n) is 8.81. The number of quaternary nitrogens is 1. The number of hydrogen-bond donors (Lipinski definition) is 1. The fourth-order valence-corrected chi connectivity index (χ4v) is 5.53. The molecule has 9 heteroatoms. The maximum atomic E-state index is 14.1. The minimum atomic E-state index is -1.32. The summed E-state index contributed by atoms with van der Waals surface area (Å²) in [6, 6.07) is 16.4. The van der Waals surface area contributed by atoms with Crippen molar-refractivity contribution in [2.75, 3.05) is 19.1 Å². The number of carbonyl (C=O) groups excluding carboxylic acids is 3. The number of benzene rings is 3. The number of amides is 2. The van der Waals surface area contributed by atoms with Crippen molar-refractivity contribution in [3.63, 3.8) is 0 Å². The Balaban J connectivity index is 1.73. The van der Waals surface area contributed by atoms with E-state index in [1.807, 2.05) is 0 Å². The largest absolute Gasteiger partial charge is 0.497 e. The molecule has 36 heavy (non-hydrogen) atoms. The second kappa shape index (κ2) is 8.83. The number of nitrogens with two attached hydrogens (primary N) is 1. The first-order valence-electron chi connectivity index (χ1n) is 11.3. The summed E-state index contributed by atoms with van der Waals surface area (Å²) < 4.78 is 38.0. The summed E-state index contributed by atoms with van der Waals surface area (Å²) in [5.41, 5.74) is -0.000908. The summed E-state index contributed by atoms with van der Waals surface area (Å²) >= 11 is 0. The molecule has 3 aromatic rings. The highest BCUT2D eigenvalue weighted by Gasteiger charge is 2.72. The highest BCUT2D eigenvalue weighted by atomic mass is 19.1. The lowest BCUT2D eigenvalue weighted by Crippen LogP contribution is -2.99. The number of hydrogen-bond acceptors (Lipinski definition) is 5. The monoisotopic (exact) mass is 493 g/mol. The summed E-state index contributed by atoms with van der Waals surface area (Å²) in [6.45, 7) is 0. The van der Waals surface area contributed by atoms with Crippen molar-refractivity contribution in [1.29, 1.82) is 0 Å². The number of fused-ring (bicyclic) bond motifs is 1. The number of nitrogens with zero attached hydrogens (tertiary/aromatic N) is 1. The Morgan fingerprint density at radius 2 is 1.36 bits per heavy atom. The third-order valence-electron chi connectivity index (χ3n) is 7.12. The molecule has 2 amide bonds. The lowest BCUT2D eigenvalue weighted by Gasteiger charge is -2.32. The Morgan fingerprint density at radius 1 is 0.833 bits per heavy atom. The van der Waals surface area contributed by atoms with E-state index < -0.39 is 52.8 Å². The zero-order chi connectivity index (χ0) is 25.6. The molecule has 2 fully saturated rings. The molecule has 2 N–H and O–H groups in total. The second-order valence-corrected chi connectivity index (χ2v) is 8.81. The molecule has 3 atom stereocenters. The molecule has 184 valence electrons. The van der Waals surface area contributed by atoms with Gasteiger partial charge in [-0.3, -0.25) is 9.59 Å². The SMILES string of the molecule is COC(=O)[C@H]1[NH2+]C(c2ccc(F)cc2)(c2ccc(F)cc2)[C@H]2C(=O)N(c3ccc(OC)cc3)C(=O)[C@@H]12. The van der Waals surface area contributed by atoms with Crippen LogP contribution >= 0.6 is 0 Å². The molecule has 2 saturated heterocycles. The van der Waals surface area contributed by atoms with Gasteiger partial charge in [-0.15, -0.1) is 0 Å². The molecule has 0 unspecified atom stereocenters. The van der Waals surface area contributed by atoms with E-state index in [1.165, 1.54) is 62.8 Å². The summed E-state index contributed by atoms with van der Waals surface area (Å²) in [5.74, 6) is -4.28. The number of carbonyl (C=O) groups is 3.